The number of hydrogen-bond donors (Lipinski definition) is 2. The van der Waals surface area contributed by atoms with E-state index in [4.69, 9.17) is 18.9 Å². The number of phenolic OH excluding ortho intramolecular Hbond substituents is 2. The van der Waals surface area contributed by atoms with Gasteiger partial charge in [0.2, 0.25) is 5.75 Å². The predicted octanol–water partition coefficient (Wildman–Crippen LogP) is 3.30. The molecule has 0 aliphatic rings. The maximum absolute atomic E-state index is 10.00. The minimum absolute atomic E-state index is 0.00617. The third-order valence-electron chi connectivity index (χ3n) is 3.47. The summed E-state index contributed by atoms with van der Waals surface area (Å²) < 4.78 is 20.8. The molecule has 0 fully saturated rings. The lowest BCUT2D eigenvalue weighted by molar-refractivity contribution is 0.324. The van der Waals surface area contributed by atoms with E-state index in [1.54, 1.807) is 24.3 Å². The smallest absolute Gasteiger partial charge is 0.203 e. The Hall–Kier alpha value is -3.02. The molecule has 0 saturated carbocycles. The van der Waals surface area contributed by atoms with E-state index < -0.39 is 0 Å². The lowest BCUT2D eigenvalue weighted by Crippen LogP contribution is -1.95. The molecule has 24 heavy (non-hydrogen) atoms. The highest BCUT2D eigenvalue weighted by atomic mass is 16.5. The molecule has 2 aromatic rings. The molecule has 0 atom stereocenters. The Morgan fingerprint density at radius 1 is 0.667 bits per heavy atom. The van der Waals surface area contributed by atoms with Crippen molar-refractivity contribution < 1.29 is 29.2 Å². The molecule has 0 aromatic heterocycles. The highest BCUT2D eigenvalue weighted by Crippen LogP contribution is 2.39. The van der Waals surface area contributed by atoms with Gasteiger partial charge in [0.15, 0.2) is 23.0 Å². The van der Waals surface area contributed by atoms with Crippen molar-refractivity contribution in [2.45, 2.75) is 0 Å². The van der Waals surface area contributed by atoms with E-state index in [2.05, 4.69) is 0 Å². The Morgan fingerprint density at radius 3 is 1.75 bits per heavy atom. The number of hydrogen-bond acceptors (Lipinski definition) is 6. The molecular formula is C18H20O6. The Balaban J connectivity index is 2.41. The molecule has 2 rings (SSSR count). The van der Waals surface area contributed by atoms with Crippen LogP contribution in [0.2, 0.25) is 0 Å². The van der Waals surface area contributed by atoms with E-state index in [-0.39, 0.29) is 17.2 Å². The molecule has 6 nitrogen and oxygen atoms in total. The van der Waals surface area contributed by atoms with Gasteiger partial charge in [0.05, 0.1) is 28.4 Å². The zero-order valence-electron chi connectivity index (χ0n) is 14.0. The number of methoxy groups -OCH3 is 4. The number of phenols is 2. The molecule has 0 bridgehead atoms. The van der Waals surface area contributed by atoms with Crippen molar-refractivity contribution in [3.63, 3.8) is 0 Å². The van der Waals surface area contributed by atoms with Gasteiger partial charge in [-0.25, -0.2) is 0 Å². The quantitative estimate of drug-likeness (QED) is 0.624. The first-order valence-electron chi connectivity index (χ1n) is 7.12. The molecule has 2 aromatic carbocycles. The summed E-state index contributed by atoms with van der Waals surface area (Å²) in [5.74, 6) is 1.70. The van der Waals surface area contributed by atoms with Crippen LogP contribution < -0.4 is 18.9 Å². The molecule has 0 aliphatic heterocycles. The van der Waals surface area contributed by atoms with E-state index in [0.717, 1.165) is 5.56 Å². The Bertz CT molecular complexity index is 726. The van der Waals surface area contributed by atoms with Gasteiger partial charge in [0.1, 0.15) is 5.75 Å². The van der Waals surface area contributed by atoms with Gasteiger partial charge in [0, 0.05) is 11.6 Å². The summed E-state index contributed by atoms with van der Waals surface area (Å²) in [5, 5.41) is 19.8. The molecule has 2 N–H and O–H groups in total. The van der Waals surface area contributed by atoms with Crippen molar-refractivity contribution in [1.82, 2.24) is 0 Å². The van der Waals surface area contributed by atoms with Crippen molar-refractivity contribution >= 4 is 12.2 Å². The Morgan fingerprint density at radius 2 is 1.25 bits per heavy atom. The summed E-state index contributed by atoms with van der Waals surface area (Å²) in [6, 6.07) is 6.32. The predicted molar refractivity (Wildman–Crippen MR) is 91.3 cm³/mol. The van der Waals surface area contributed by atoms with E-state index >= 15 is 0 Å². The van der Waals surface area contributed by atoms with Crippen LogP contribution in [0.4, 0.5) is 0 Å². The van der Waals surface area contributed by atoms with Crippen LogP contribution in [0, 0.1) is 0 Å². The van der Waals surface area contributed by atoms with Gasteiger partial charge >= 0.3 is 0 Å². The standard InChI is InChI=1S/C18H20O6/c1-21-15-10-13(19)12(9-14(15)20)6-5-11-7-16(22-2)18(24-4)17(8-11)23-3/h5-10,19-20H,1-4H3. The number of aromatic hydroxyl groups is 2. The van der Waals surface area contributed by atoms with Crippen molar-refractivity contribution in [1.29, 1.82) is 0 Å². The fourth-order valence-corrected chi connectivity index (χ4v) is 2.25. The van der Waals surface area contributed by atoms with Crippen LogP contribution in [0.3, 0.4) is 0 Å². The molecule has 6 heteroatoms. The number of benzene rings is 2. The third kappa shape index (κ3) is 3.48. The fourth-order valence-electron chi connectivity index (χ4n) is 2.25. The first kappa shape index (κ1) is 17.3. The third-order valence-corrected chi connectivity index (χ3v) is 3.47. The van der Waals surface area contributed by atoms with Crippen molar-refractivity contribution in [3.05, 3.63) is 35.4 Å². The van der Waals surface area contributed by atoms with Crippen molar-refractivity contribution in [3.8, 4) is 34.5 Å². The van der Waals surface area contributed by atoms with E-state index in [1.165, 1.54) is 40.6 Å². The zero-order valence-corrected chi connectivity index (χ0v) is 14.0. The zero-order chi connectivity index (χ0) is 17.7. The van der Waals surface area contributed by atoms with Crippen LogP contribution >= 0.6 is 0 Å². The maximum Gasteiger partial charge on any atom is 0.203 e. The normalized spacial score (nSPS) is 10.7. The summed E-state index contributed by atoms with van der Waals surface area (Å²) in [4.78, 5) is 0. The van der Waals surface area contributed by atoms with Gasteiger partial charge in [-0.3, -0.25) is 0 Å². The molecule has 0 amide bonds. The highest BCUT2D eigenvalue weighted by molar-refractivity contribution is 5.76. The van der Waals surface area contributed by atoms with E-state index in [0.29, 0.717) is 22.8 Å². The Labute approximate surface area is 140 Å². The van der Waals surface area contributed by atoms with Gasteiger partial charge in [0.25, 0.3) is 0 Å². The van der Waals surface area contributed by atoms with Gasteiger partial charge in [-0.15, -0.1) is 0 Å². The number of rotatable bonds is 6. The van der Waals surface area contributed by atoms with Gasteiger partial charge in [-0.2, -0.15) is 0 Å². The second-order valence-corrected chi connectivity index (χ2v) is 4.87. The van der Waals surface area contributed by atoms with Gasteiger partial charge in [-0.1, -0.05) is 12.2 Å². The average molecular weight is 332 g/mol. The Kier molecular flexibility index (Phi) is 5.42. The second-order valence-electron chi connectivity index (χ2n) is 4.87. The van der Waals surface area contributed by atoms with E-state index in [1.807, 2.05) is 0 Å². The lowest BCUT2D eigenvalue weighted by Gasteiger charge is -2.13. The molecule has 0 heterocycles. The van der Waals surface area contributed by atoms with Crippen LogP contribution in [0.25, 0.3) is 12.2 Å². The first-order valence-corrected chi connectivity index (χ1v) is 7.12. The summed E-state index contributed by atoms with van der Waals surface area (Å²) in [7, 11) is 6.03. The van der Waals surface area contributed by atoms with Crippen molar-refractivity contribution in [2.24, 2.45) is 0 Å². The highest BCUT2D eigenvalue weighted by Gasteiger charge is 2.12. The SMILES string of the molecule is COc1cc(O)c(C=Cc2cc(OC)c(OC)c(OC)c2)cc1O. The van der Waals surface area contributed by atoms with Crippen molar-refractivity contribution in [2.75, 3.05) is 28.4 Å². The number of ether oxygens (including phenoxy) is 4. The summed E-state index contributed by atoms with van der Waals surface area (Å²) in [6.45, 7) is 0. The molecule has 0 unspecified atom stereocenters. The summed E-state index contributed by atoms with van der Waals surface area (Å²) >= 11 is 0. The summed E-state index contributed by atoms with van der Waals surface area (Å²) in [5.41, 5.74) is 1.22. The lowest BCUT2D eigenvalue weighted by atomic mass is 10.1. The molecule has 128 valence electrons. The minimum atomic E-state index is -0.0557. The van der Waals surface area contributed by atoms with Crippen LogP contribution in [0.15, 0.2) is 24.3 Å². The summed E-state index contributed by atoms with van der Waals surface area (Å²) in [6.07, 6.45) is 3.42. The molecule has 0 spiro atoms. The molecule has 0 radical (unpaired) electrons. The maximum atomic E-state index is 10.00. The van der Waals surface area contributed by atoms with Crippen LogP contribution in [0.5, 0.6) is 34.5 Å². The molecular weight excluding hydrogens is 312 g/mol. The molecule has 0 saturated heterocycles. The van der Waals surface area contributed by atoms with Gasteiger partial charge in [-0.05, 0) is 23.8 Å². The topological polar surface area (TPSA) is 77.4 Å². The first-order chi connectivity index (χ1) is 11.5. The average Bonchev–Trinajstić information content (AvgIpc) is 2.60. The monoisotopic (exact) mass is 332 g/mol. The van der Waals surface area contributed by atoms with Gasteiger partial charge < -0.3 is 29.2 Å². The largest absolute Gasteiger partial charge is 0.507 e. The van der Waals surface area contributed by atoms with E-state index in [9.17, 15) is 10.2 Å². The van der Waals surface area contributed by atoms with Crippen LogP contribution in [-0.4, -0.2) is 38.7 Å². The fraction of sp³-hybridized carbons (Fsp3) is 0.222. The second kappa shape index (κ2) is 7.50. The molecule has 0 aliphatic carbocycles. The van der Waals surface area contributed by atoms with Crippen LogP contribution in [-0.2, 0) is 0 Å². The minimum Gasteiger partial charge on any atom is -0.507 e. The van der Waals surface area contributed by atoms with Crippen LogP contribution in [0.1, 0.15) is 11.1 Å².